The fraction of sp³-hybridized carbons (Fsp3) is 0.500. The number of nitrogens with zero attached hydrogens (tertiary/aromatic N) is 2. The summed E-state index contributed by atoms with van der Waals surface area (Å²) in [6.07, 6.45) is 2.24. The van der Waals surface area contributed by atoms with Crippen molar-refractivity contribution in [2.75, 3.05) is 13.7 Å². The zero-order valence-electron chi connectivity index (χ0n) is 12.7. The van der Waals surface area contributed by atoms with Gasteiger partial charge < -0.3 is 14.0 Å². The molecule has 0 spiro atoms. The fourth-order valence-corrected chi connectivity index (χ4v) is 2.98. The van der Waals surface area contributed by atoms with Crippen molar-refractivity contribution < 1.29 is 14.3 Å². The normalized spacial score (nSPS) is 19.0. The highest BCUT2D eigenvalue weighted by Crippen LogP contribution is 2.30. The summed E-state index contributed by atoms with van der Waals surface area (Å²) in [4.78, 5) is 16.7. The van der Waals surface area contributed by atoms with Crippen molar-refractivity contribution in [3.8, 4) is 0 Å². The minimum Gasteiger partial charge on any atom is -0.465 e. The number of aromatic nitrogens is 2. The van der Waals surface area contributed by atoms with Gasteiger partial charge in [0.2, 0.25) is 0 Å². The Morgan fingerprint density at radius 3 is 2.95 bits per heavy atom. The van der Waals surface area contributed by atoms with Crippen molar-refractivity contribution in [2.24, 2.45) is 0 Å². The summed E-state index contributed by atoms with van der Waals surface area (Å²) in [7, 11) is 1.39. The van der Waals surface area contributed by atoms with Crippen LogP contribution in [0.15, 0.2) is 18.2 Å². The predicted octanol–water partition coefficient (Wildman–Crippen LogP) is 3.46. The summed E-state index contributed by atoms with van der Waals surface area (Å²) < 4.78 is 12.5. The standard InChI is InChI=1S/C16H19BrN2O3/c1-3-12(17)15-18-13-5-4-10(16(20)21-2)8-14(13)19(15)9-11-6-7-22-11/h4-5,8,11-12H,3,6-7,9H2,1-2H3/t11-,12+/m0/s1. The molecule has 0 amide bonds. The molecule has 118 valence electrons. The highest BCUT2D eigenvalue weighted by Gasteiger charge is 2.24. The highest BCUT2D eigenvalue weighted by molar-refractivity contribution is 9.09. The third-order valence-electron chi connectivity index (χ3n) is 4.02. The Bertz CT molecular complexity index is 694. The summed E-state index contributed by atoms with van der Waals surface area (Å²) >= 11 is 3.69. The molecule has 0 bridgehead atoms. The number of benzene rings is 1. The molecular formula is C16H19BrN2O3. The number of carbonyl (C=O) groups excluding carboxylic acids is 1. The number of hydrogen-bond acceptors (Lipinski definition) is 4. The van der Waals surface area contributed by atoms with E-state index in [-0.39, 0.29) is 16.9 Å². The van der Waals surface area contributed by atoms with Gasteiger partial charge in [-0.2, -0.15) is 0 Å². The van der Waals surface area contributed by atoms with Gasteiger partial charge in [0.1, 0.15) is 5.82 Å². The highest BCUT2D eigenvalue weighted by atomic mass is 79.9. The van der Waals surface area contributed by atoms with Gasteiger partial charge in [0.25, 0.3) is 0 Å². The van der Waals surface area contributed by atoms with Crippen LogP contribution in [0.25, 0.3) is 11.0 Å². The van der Waals surface area contributed by atoms with Crippen LogP contribution in [0.2, 0.25) is 0 Å². The Hall–Kier alpha value is -1.40. The van der Waals surface area contributed by atoms with Gasteiger partial charge in [-0.1, -0.05) is 22.9 Å². The number of hydrogen-bond donors (Lipinski definition) is 0. The van der Waals surface area contributed by atoms with Crippen molar-refractivity contribution in [1.29, 1.82) is 0 Å². The Labute approximate surface area is 137 Å². The van der Waals surface area contributed by atoms with Crippen molar-refractivity contribution in [3.05, 3.63) is 29.6 Å². The number of alkyl halides is 1. The van der Waals surface area contributed by atoms with Gasteiger partial charge in [-0.3, -0.25) is 0 Å². The number of carbonyl (C=O) groups is 1. The lowest BCUT2D eigenvalue weighted by Gasteiger charge is -2.28. The molecule has 1 aromatic carbocycles. The van der Waals surface area contributed by atoms with Crippen LogP contribution in [0, 0.1) is 0 Å². The van der Waals surface area contributed by atoms with Gasteiger partial charge in [0.05, 0.1) is 41.2 Å². The molecule has 5 nitrogen and oxygen atoms in total. The summed E-state index contributed by atoms with van der Waals surface area (Å²) in [6.45, 7) is 3.70. The Morgan fingerprint density at radius 2 is 2.36 bits per heavy atom. The zero-order chi connectivity index (χ0) is 15.7. The van der Waals surface area contributed by atoms with Crippen LogP contribution in [0.5, 0.6) is 0 Å². The molecule has 1 aliphatic rings. The molecule has 0 radical (unpaired) electrons. The fourth-order valence-electron chi connectivity index (χ4n) is 2.63. The molecule has 0 saturated carbocycles. The van der Waals surface area contributed by atoms with Crippen molar-refractivity contribution in [1.82, 2.24) is 9.55 Å². The first-order valence-corrected chi connectivity index (χ1v) is 8.39. The minimum absolute atomic E-state index is 0.182. The molecule has 6 heteroatoms. The summed E-state index contributed by atoms with van der Waals surface area (Å²) in [5, 5.41) is 0. The number of halogens is 1. The summed E-state index contributed by atoms with van der Waals surface area (Å²) in [6, 6.07) is 5.48. The van der Waals surface area contributed by atoms with Crippen LogP contribution in [-0.4, -0.2) is 35.3 Å². The molecule has 0 N–H and O–H groups in total. The first-order valence-electron chi connectivity index (χ1n) is 7.48. The van der Waals surface area contributed by atoms with Crippen LogP contribution in [-0.2, 0) is 16.0 Å². The minimum atomic E-state index is -0.332. The molecule has 1 saturated heterocycles. The maximum atomic E-state index is 11.8. The monoisotopic (exact) mass is 366 g/mol. The van der Waals surface area contributed by atoms with Gasteiger partial charge in [-0.05, 0) is 31.0 Å². The number of imidazole rings is 1. The second kappa shape index (κ2) is 6.38. The summed E-state index contributed by atoms with van der Waals surface area (Å²) in [5.74, 6) is 0.650. The molecule has 2 atom stereocenters. The molecule has 22 heavy (non-hydrogen) atoms. The predicted molar refractivity (Wildman–Crippen MR) is 87.4 cm³/mol. The van der Waals surface area contributed by atoms with Crippen LogP contribution >= 0.6 is 15.9 Å². The van der Waals surface area contributed by atoms with E-state index in [0.29, 0.717) is 5.56 Å². The average molecular weight is 367 g/mol. The lowest BCUT2D eigenvalue weighted by molar-refractivity contribution is -0.0590. The first kappa shape index (κ1) is 15.5. The van der Waals surface area contributed by atoms with Crippen molar-refractivity contribution >= 4 is 32.9 Å². The quantitative estimate of drug-likeness (QED) is 0.600. The number of methoxy groups -OCH3 is 1. The molecular weight excluding hydrogens is 348 g/mol. The molecule has 1 fully saturated rings. The first-order chi connectivity index (χ1) is 10.6. The number of ether oxygens (including phenoxy) is 2. The van der Waals surface area contributed by atoms with Gasteiger partial charge in [-0.15, -0.1) is 0 Å². The van der Waals surface area contributed by atoms with Crippen LogP contribution in [0.3, 0.4) is 0 Å². The Balaban J connectivity index is 2.08. The van der Waals surface area contributed by atoms with Crippen LogP contribution in [0.1, 0.15) is 40.8 Å². The molecule has 0 unspecified atom stereocenters. The molecule has 1 aromatic heterocycles. The SMILES string of the molecule is CC[C@@H](Br)c1nc2ccc(C(=O)OC)cc2n1C[C@@H]1CCO1. The molecule has 1 aliphatic heterocycles. The van der Waals surface area contributed by atoms with Crippen LogP contribution in [0.4, 0.5) is 0 Å². The smallest absolute Gasteiger partial charge is 0.337 e. The van der Waals surface area contributed by atoms with Gasteiger partial charge in [0, 0.05) is 6.61 Å². The van der Waals surface area contributed by atoms with E-state index in [4.69, 9.17) is 14.5 Å². The Morgan fingerprint density at radius 1 is 1.59 bits per heavy atom. The second-order valence-corrected chi connectivity index (χ2v) is 6.54. The number of rotatable bonds is 5. The van der Waals surface area contributed by atoms with E-state index < -0.39 is 0 Å². The van der Waals surface area contributed by atoms with Crippen LogP contribution < -0.4 is 0 Å². The number of esters is 1. The van der Waals surface area contributed by atoms with Crippen molar-refractivity contribution in [2.45, 2.75) is 37.2 Å². The molecule has 3 rings (SSSR count). The zero-order valence-corrected chi connectivity index (χ0v) is 14.3. The lowest BCUT2D eigenvalue weighted by atomic mass is 10.1. The van der Waals surface area contributed by atoms with Crippen molar-refractivity contribution in [3.63, 3.8) is 0 Å². The van der Waals surface area contributed by atoms with Gasteiger partial charge >= 0.3 is 5.97 Å². The molecule has 2 aromatic rings. The third-order valence-corrected chi connectivity index (χ3v) is 5.07. The van der Waals surface area contributed by atoms with E-state index in [0.717, 1.165) is 42.9 Å². The molecule has 0 aliphatic carbocycles. The molecule has 2 heterocycles. The maximum Gasteiger partial charge on any atom is 0.337 e. The van der Waals surface area contributed by atoms with Gasteiger partial charge in [-0.25, -0.2) is 9.78 Å². The van der Waals surface area contributed by atoms with E-state index in [1.165, 1.54) is 7.11 Å². The topological polar surface area (TPSA) is 53.3 Å². The third kappa shape index (κ3) is 2.77. The average Bonchev–Trinajstić information content (AvgIpc) is 2.86. The van der Waals surface area contributed by atoms with E-state index in [1.54, 1.807) is 6.07 Å². The van der Waals surface area contributed by atoms with E-state index in [1.807, 2.05) is 12.1 Å². The van der Waals surface area contributed by atoms with E-state index in [2.05, 4.69) is 27.4 Å². The number of fused-ring (bicyclic) bond motifs is 1. The van der Waals surface area contributed by atoms with E-state index >= 15 is 0 Å². The lowest BCUT2D eigenvalue weighted by Crippen LogP contribution is -2.31. The maximum absolute atomic E-state index is 11.8. The largest absolute Gasteiger partial charge is 0.465 e. The van der Waals surface area contributed by atoms with Gasteiger partial charge in [0.15, 0.2) is 0 Å². The Kier molecular flexibility index (Phi) is 4.49. The van der Waals surface area contributed by atoms with E-state index in [9.17, 15) is 4.79 Å². The summed E-state index contributed by atoms with van der Waals surface area (Å²) in [5.41, 5.74) is 2.38. The second-order valence-electron chi connectivity index (χ2n) is 5.43.